The van der Waals surface area contributed by atoms with Gasteiger partial charge in [0.2, 0.25) is 0 Å². The van der Waals surface area contributed by atoms with Crippen LogP contribution in [0.1, 0.15) is 27.8 Å². The highest BCUT2D eigenvalue weighted by molar-refractivity contribution is 6.07. The summed E-state index contributed by atoms with van der Waals surface area (Å²) in [4.78, 5) is 2.39. The smallest absolute Gasteiger partial charge is 0.0731 e. The van der Waals surface area contributed by atoms with Gasteiger partial charge in [-0.1, -0.05) is 127 Å². The molecular weight excluding hydrogens is 567 g/mol. The van der Waals surface area contributed by atoms with Crippen molar-refractivity contribution in [1.82, 2.24) is 0 Å². The maximum absolute atomic E-state index is 2.47. The Labute approximate surface area is 275 Å². The highest BCUT2D eigenvalue weighted by Gasteiger charge is 2.52. The van der Waals surface area contributed by atoms with Crippen LogP contribution in [0.15, 0.2) is 170 Å². The van der Waals surface area contributed by atoms with Crippen molar-refractivity contribution < 1.29 is 0 Å². The molecule has 0 fully saturated rings. The van der Waals surface area contributed by atoms with Gasteiger partial charge < -0.3 is 4.90 Å². The number of anilines is 3. The molecule has 0 unspecified atom stereocenters. The van der Waals surface area contributed by atoms with E-state index in [2.05, 4.69) is 182 Å². The average Bonchev–Trinajstić information content (AvgIpc) is 3.59. The lowest BCUT2D eigenvalue weighted by atomic mass is 9.69. The van der Waals surface area contributed by atoms with E-state index in [4.69, 9.17) is 0 Å². The van der Waals surface area contributed by atoms with E-state index in [1.165, 1.54) is 77.3 Å². The van der Waals surface area contributed by atoms with E-state index >= 15 is 0 Å². The maximum atomic E-state index is 2.47. The normalized spacial score (nSPS) is 13.4. The molecule has 2 aliphatic rings. The zero-order valence-electron chi connectivity index (χ0n) is 26.1. The fraction of sp³-hybridized carbons (Fsp3) is 0.0435. The monoisotopic (exact) mass is 597 g/mol. The topological polar surface area (TPSA) is 3.24 Å². The minimum Gasteiger partial charge on any atom is -0.310 e. The van der Waals surface area contributed by atoms with Gasteiger partial charge in [-0.3, -0.25) is 0 Å². The molecule has 1 heteroatoms. The largest absolute Gasteiger partial charge is 0.310 e. The molecule has 8 aromatic rings. The SMILES string of the molecule is Cc1ccccc1N(c1ccccc1)c1ccc2c3c(ccc2c1)-c1cc2ccccc2cc1C31c2ccccc2-c2ccccc21. The van der Waals surface area contributed by atoms with Crippen molar-refractivity contribution in [3.05, 3.63) is 198 Å². The van der Waals surface area contributed by atoms with Crippen LogP contribution in [0.5, 0.6) is 0 Å². The van der Waals surface area contributed by atoms with Crippen molar-refractivity contribution in [2.24, 2.45) is 0 Å². The Morgan fingerprint density at radius 2 is 1.04 bits per heavy atom. The molecular formula is C46H31N. The molecule has 2 aliphatic carbocycles. The first kappa shape index (κ1) is 26.3. The third-order valence-electron chi connectivity index (χ3n) is 10.5. The first-order valence-corrected chi connectivity index (χ1v) is 16.4. The molecule has 220 valence electrons. The Morgan fingerprint density at radius 3 is 1.79 bits per heavy atom. The summed E-state index contributed by atoms with van der Waals surface area (Å²) in [6, 6.07) is 63.0. The number of para-hydroxylation sites is 2. The molecule has 0 aliphatic heterocycles. The molecule has 0 saturated heterocycles. The molecule has 0 radical (unpaired) electrons. The second-order valence-corrected chi connectivity index (χ2v) is 12.9. The summed E-state index contributed by atoms with van der Waals surface area (Å²) >= 11 is 0. The predicted molar refractivity (Wildman–Crippen MR) is 197 cm³/mol. The fourth-order valence-corrected chi connectivity index (χ4v) is 8.61. The summed E-state index contributed by atoms with van der Waals surface area (Å²) in [7, 11) is 0. The molecule has 0 bridgehead atoms. The number of hydrogen-bond donors (Lipinski definition) is 0. The molecule has 1 spiro atoms. The highest BCUT2D eigenvalue weighted by Crippen LogP contribution is 2.64. The fourth-order valence-electron chi connectivity index (χ4n) is 8.61. The van der Waals surface area contributed by atoms with Crippen LogP contribution in [0.3, 0.4) is 0 Å². The number of hydrogen-bond acceptors (Lipinski definition) is 1. The van der Waals surface area contributed by atoms with Gasteiger partial charge in [0.25, 0.3) is 0 Å². The van der Waals surface area contributed by atoms with Crippen molar-refractivity contribution in [2.45, 2.75) is 12.3 Å². The van der Waals surface area contributed by atoms with Crippen molar-refractivity contribution in [2.75, 3.05) is 4.90 Å². The lowest BCUT2D eigenvalue weighted by molar-refractivity contribution is 0.802. The summed E-state index contributed by atoms with van der Waals surface area (Å²) in [6.45, 7) is 2.19. The third kappa shape index (κ3) is 3.54. The summed E-state index contributed by atoms with van der Waals surface area (Å²) in [6.07, 6.45) is 0. The Morgan fingerprint density at radius 1 is 0.404 bits per heavy atom. The van der Waals surface area contributed by atoms with Crippen molar-refractivity contribution in [3.8, 4) is 22.3 Å². The molecule has 0 heterocycles. The lowest BCUT2D eigenvalue weighted by Crippen LogP contribution is -2.26. The van der Waals surface area contributed by atoms with E-state index in [1.54, 1.807) is 0 Å². The van der Waals surface area contributed by atoms with Gasteiger partial charge in [0, 0.05) is 17.1 Å². The Hall–Kier alpha value is -5.92. The van der Waals surface area contributed by atoms with E-state index in [9.17, 15) is 0 Å². The van der Waals surface area contributed by atoms with E-state index in [0.29, 0.717) is 0 Å². The van der Waals surface area contributed by atoms with Gasteiger partial charge in [-0.05, 0) is 121 Å². The van der Waals surface area contributed by atoms with Crippen molar-refractivity contribution in [1.29, 1.82) is 0 Å². The molecule has 0 saturated carbocycles. The van der Waals surface area contributed by atoms with Crippen molar-refractivity contribution >= 4 is 38.6 Å². The van der Waals surface area contributed by atoms with Gasteiger partial charge in [-0.25, -0.2) is 0 Å². The first-order valence-electron chi connectivity index (χ1n) is 16.4. The molecule has 0 atom stereocenters. The van der Waals surface area contributed by atoms with E-state index in [0.717, 1.165) is 11.4 Å². The minimum absolute atomic E-state index is 0.405. The molecule has 0 N–H and O–H groups in total. The van der Waals surface area contributed by atoms with Crippen LogP contribution in [-0.2, 0) is 5.41 Å². The van der Waals surface area contributed by atoms with Gasteiger partial charge in [0.05, 0.1) is 5.41 Å². The number of aryl methyl sites for hydroxylation is 1. The van der Waals surface area contributed by atoms with Crippen LogP contribution in [0.4, 0.5) is 17.1 Å². The zero-order valence-corrected chi connectivity index (χ0v) is 26.1. The van der Waals surface area contributed by atoms with Crippen LogP contribution in [-0.4, -0.2) is 0 Å². The van der Waals surface area contributed by atoms with Gasteiger partial charge in [0.15, 0.2) is 0 Å². The Balaban J connectivity index is 1.30. The summed E-state index contributed by atoms with van der Waals surface area (Å²) < 4.78 is 0. The quantitative estimate of drug-likeness (QED) is 0.196. The predicted octanol–water partition coefficient (Wildman–Crippen LogP) is 12.1. The van der Waals surface area contributed by atoms with Gasteiger partial charge in [-0.2, -0.15) is 0 Å². The average molecular weight is 598 g/mol. The maximum Gasteiger partial charge on any atom is 0.0731 e. The number of rotatable bonds is 3. The van der Waals surface area contributed by atoms with E-state index < -0.39 is 5.41 Å². The van der Waals surface area contributed by atoms with Crippen molar-refractivity contribution in [3.63, 3.8) is 0 Å². The lowest BCUT2D eigenvalue weighted by Gasteiger charge is -2.32. The molecule has 47 heavy (non-hydrogen) atoms. The van der Waals surface area contributed by atoms with Crippen LogP contribution >= 0.6 is 0 Å². The minimum atomic E-state index is -0.405. The molecule has 10 rings (SSSR count). The van der Waals surface area contributed by atoms with E-state index in [-0.39, 0.29) is 0 Å². The van der Waals surface area contributed by atoms with Crippen LogP contribution in [0, 0.1) is 6.92 Å². The summed E-state index contributed by atoms with van der Waals surface area (Å²) in [5.74, 6) is 0. The highest BCUT2D eigenvalue weighted by atomic mass is 15.1. The summed E-state index contributed by atoms with van der Waals surface area (Å²) in [5.41, 5.74) is 15.2. The number of nitrogens with zero attached hydrogens (tertiary/aromatic N) is 1. The molecule has 0 amide bonds. The molecule has 1 nitrogen and oxygen atoms in total. The summed E-state index contributed by atoms with van der Waals surface area (Å²) in [5, 5.41) is 5.11. The van der Waals surface area contributed by atoms with Gasteiger partial charge >= 0.3 is 0 Å². The number of benzene rings is 8. The van der Waals surface area contributed by atoms with Gasteiger partial charge in [-0.15, -0.1) is 0 Å². The molecule has 0 aromatic heterocycles. The van der Waals surface area contributed by atoms with Crippen LogP contribution in [0.25, 0.3) is 43.8 Å². The van der Waals surface area contributed by atoms with Gasteiger partial charge in [0.1, 0.15) is 0 Å². The second kappa shape index (κ2) is 9.79. The number of fused-ring (bicyclic) bond motifs is 13. The standard InChI is InChI=1S/C46H31N/c1-30-13-5-12-22-44(30)47(34-16-3-2-4-17-34)35-24-26-36-33(27-35)23-25-39-40-28-31-14-6-7-15-32(31)29-43(40)46(45(36)39)41-20-10-8-18-37(41)38-19-9-11-21-42(38)46/h2-29H,1H3. The zero-order chi connectivity index (χ0) is 31.1. The van der Waals surface area contributed by atoms with E-state index in [1.807, 2.05) is 0 Å². The van der Waals surface area contributed by atoms with Crippen LogP contribution < -0.4 is 4.90 Å². The third-order valence-corrected chi connectivity index (χ3v) is 10.5. The Bertz CT molecular complexity index is 2500. The van der Waals surface area contributed by atoms with Crippen LogP contribution in [0.2, 0.25) is 0 Å². The Kier molecular flexibility index (Phi) is 5.48. The molecule has 8 aromatic carbocycles. The first-order chi connectivity index (χ1) is 23.2. The second-order valence-electron chi connectivity index (χ2n) is 12.9.